The Morgan fingerprint density at radius 2 is 2.24 bits per heavy atom. The second-order valence-electron chi connectivity index (χ2n) is 4.99. The number of nitrogens with zero attached hydrogens (tertiary/aromatic N) is 3. The molecule has 7 heteroatoms. The van der Waals surface area contributed by atoms with Gasteiger partial charge in [0.15, 0.2) is 5.82 Å². The van der Waals surface area contributed by atoms with Crippen LogP contribution in [0.25, 0.3) is 0 Å². The molecule has 1 aromatic rings. The number of hydrogen-bond acceptors (Lipinski definition) is 7. The van der Waals surface area contributed by atoms with Gasteiger partial charge in [-0.2, -0.15) is 0 Å². The molecule has 7 nitrogen and oxygen atoms in total. The molecule has 1 aromatic heterocycles. The fourth-order valence-electron chi connectivity index (χ4n) is 2.75. The fraction of sp³-hybridized carbons (Fsp3) is 0.0714. The van der Waals surface area contributed by atoms with Crippen LogP contribution in [-0.4, -0.2) is 20.9 Å². The van der Waals surface area contributed by atoms with Crippen molar-refractivity contribution in [2.45, 2.75) is 0 Å². The van der Waals surface area contributed by atoms with Crippen molar-refractivity contribution in [1.82, 2.24) is 9.97 Å². The first kappa shape index (κ1) is 11.9. The lowest BCUT2D eigenvalue weighted by molar-refractivity contribution is 0.281. The molecule has 0 amide bonds. The molecule has 4 rings (SSSR count). The maximum atomic E-state index is 10.3. The van der Waals surface area contributed by atoms with Crippen LogP contribution in [0.1, 0.15) is 0 Å². The van der Waals surface area contributed by atoms with Gasteiger partial charge < -0.3 is 16.5 Å². The highest BCUT2D eigenvalue weighted by Crippen LogP contribution is 2.41. The molecule has 2 aliphatic carbocycles. The molecule has 0 spiro atoms. The molecule has 0 bridgehead atoms. The minimum Gasteiger partial charge on any atom is -0.401 e. The second-order valence-corrected chi connectivity index (χ2v) is 4.99. The monoisotopic (exact) mass is 280 g/mol. The van der Waals surface area contributed by atoms with E-state index in [4.69, 9.17) is 11.1 Å². The van der Waals surface area contributed by atoms with Crippen molar-refractivity contribution < 1.29 is 5.21 Å². The topological polar surface area (TPSA) is 111 Å². The molecule has 0 fully saturated rings. The molecular formula is C14H12N6O. The number of nitrogens with two attached hydrogens (primary N) is 1. The van der Waals surface area contributed by atoms with Gasteiger partial charge in [0.05, 0.1) is 23.3 Å². The van der Waals surface area contributed by atoms with Crippen LogP contribution < -0.4 is 16.1 Å². The van der Waals surface area contributed by atoms with Crippen LogP contribution in [-0.2, 0) is 0 Å². The van der Waals surface area contributed by atoms with Gasteiger partial charge >= 0.3 is 0 Å². The standard InChI is InChI=1S/C14H12N6O/c15-7-3-9-8(10(16)4-7)1-2-12-13(9)19-11-5-17-6-18-14(11)20(12)21/h1-6,8,15,19,21H,16H2. The highest BCUT2D eigenvalue weighted by Gasteiger charge is 2.33. The zero-order valence-electron chi connectivity index (χ0n) is 10.9. The first-order valence-electron chi connectivity index (χ1n) is 6.41. The van der Waals surface area contributed by atoms with Gasteiger partial charge in [0, 0.05) is 11.6 Å². The van der Waals surface area contributed by atoms with Crippen LogP contribution in [0.15, 0.2) is 59.5 Å². The lowest BCUT2D eigenvalue weighted by Gasteiger charge is -2.35. The van der Waals surface area contributed by atoms with Crippen LogP contribution >= 0.6 is 0 Å². The van der Waals surface area contributed by atoms with Crippen molar-refractivity contribution in [3.63, 3.8) is 0 Å². The Hall–Kier alpha value is -2.93. The van der Waals surface area contributed by atoms with Crippen LogP contribution in [0, 0.1) is 11.3 Å². The summed E-state index contributed by atoms with van der Waals surface area (Å²) in [6, 6.07) is 0. The number of aromatic nitrogens is 2. The smallest absolute Gasteiger partial charge is 0.184 e. The van der Waals surface area contributed by atoms with Gasteiger partial charge in [-0.05, 0) is 23.8 Å². The molecule has 21 heavy (non-hydrogen) atoms. The van der Waals surface area contributed by atoms with E-state index < -0.39 is 0 Å². The molecule has 0 radical (unpaired) electrons. The Bertz CT molecular complexity index is 788. The molecule has 104 valence electrons. The Morgan fingerprint density at radius 3 is 3.10 bits per heavy atom. The van der Waals surface area contributed by atoms with Gasteiger partial charge in [0.1, 0.15) is 12.0 Å². The lowest BCUT2D eigenvalue weighted by atomic mass is 9.83. The average molecular weight is 280 g/mol. The van der Waals surface area contributed by atoms with E-state index >= 15 is 0 Å². The molecule has 0 saturated heterocycles. The molecule has 1 atom stereocenters. The van der Waals surface area contributed by atoms with Crippen molar-refractivity contribution in [2.24, 2.45) is 11.7 Å². The summed E-state index contributed by atoms with van der Waals surface area (Å²) in [5.41, 5.74) is 9.70. The van der Waals surface area contributed by atoms with Crippen molar-refractivity contribution >= 4 is 17.2 Å². The fourth-order valence-corrected chi connectivity index (χ4v) is 2.75. The SMILES string of the molecule is N=C1C=C(N)C2C=CC3=C(Nc4cncnc4N3O)C2=C1. The van der Waals surface area contributed by atoms with E-state index in [0.29, 0.717) is 34.3 Å². The molecule has 3 aliphatic rings. The Kier molecular flexibility index (Phi) is 2.28. The summed E-state index contributed by atoms with van der Waals surface area (Å²) >= 11 is 0. The number of hydroxylamine groups is 1. The van der Waals surface area contributed by atoms with Gasteiger partial charge in [0.2, 0.25) is 0 Å². The normalized spacial score (nSPS) is 22.8. The highest BCUT2D eigenvalue weighted by molar-refractivity contribution is 6.05. The first-order valence-corrected chi connectivity index (χ1v) is 6.41. The van der Waals surface area contributed by atoms with Gasteiger partial charge in [-0.1, -0.05) is 6.08 Å². The molecule has 5 N–H and O–H groups in total. The Balaban J connectivity index is 1.87. The zero-order valence-corrected chi connectivity index (χ0v) is 10.9. The maximum Gasteiger partial charge on any atom is 0.184 e. The van der Waals surface area contributed by atoms with Crippen molar-refractivity contribution in [3.8, 4) is 0 Å². The number of anilines is 2. The minimum absolute atomic E-state index is 0.0927. The summed E-state index contributed by atoms with van der Waals surface area (Å²) < 4.78 is 0. The molecular weight excluding hydrogens is 268 g/mol. The van der Waals surface area contributed by atoms with Gasteiger partial charge in [0.25, 0.3) is 0 Å². The van der Waals surface area contributed by atoms with Gasteiger partial charge in [-0.15, -0.1) is 0 Å². The van der Waals surface area contributed by atoms with Crippen LogP contribution in [0.5, 0.6) is 0 Å². The number of allylic oxidation sites excluding steroid dienone is 5. The van der Waals surface area contributed by atoms with Crippen molar-refractivity contribution in [2.75, 3.05) is 10.4 Å². The first-order chi connectivity index (χ1) is 10.1. The zero-order chi connectivity index (χ0) is 14.6. The van der Waals surface area contributed by atoms with E-state index in [2.05, 4.69) is 15.3 Å². The summed E-state index contributed by atoms with van der Waals surface area (Å²) in [5, 5.41) is 22.4. The number of rotatable bonds is 0. The lowest BCUT2D eigenvalue weighted by Crippen LogP contribution is -2.33. The van der Waals surface area contributed by atoms with Crippen LogP contribution in [0.4, 0.5) is 11.5 Å². The molecule has 0 saturated carbocycles. The van der Waals surface area contributed by atoms with E-state index in [1.807, 2.05) is 6.08 Å². The quantitative estimate of drug-likeness (QED) is 0.570. The third-order valence-corrected chi connectivity index (χ3v) is 3.70. The molecule has 1 aliphatic heterocycles. The summed E-state index contributed by atoms with van der Waals surface area (Å²) in [6.07, 6.45) is 10.1. The molecule has 1 unspecified atom stereocenters. The Morgan fingerprint density at radius 1 is 1.38 bits per heavy atom. The van der Waals surface area contributed by atoms with E-state index in [0.717, 1.165) is 10.6 Å². The molecule has 0 aromatic carbocycles. The predicted octanol–water partition coefficient (Wildman–Crippen LogP) is 1.30. The summed E-state index contributed by atoms with van der Waals surface area (Å²) in [4.78, 5) is 8.02. The summed E-state index contributed by atoms with van der Waals surface area (Å²) in [5.74, 6) is 0.298. The van der Waals surface area contributed by atoms with Crippen molar-refractivity contribution in [1.29, 1.82) is 5.41 Å². The van der Waals surface area contributed by atoms with Crippen LogP contribution in [0.3, 0.4) is 0 Å². The average Bonchev–Trinajstić information content (AvgIpc) is 2.47. The van der Waals surface area contributed by atoms with Crippen LogP contribution in [0.2, 0.25) is 0 Å². The predicted molar refractivity (Wildman–Crippen MR) is 77.7 cm³/mol. The van der Waals surface area contributed by atoms with E-state index in [1.54, 1.807) is 24.4 Å². The number of nitrogens with one attached hydrogen (secondary N) is 2. The highest BCUT2D eigenvalue weighted by atomic mass is 16.5. The largest absolute Gasteiger partial charge is 0.401 e. The van der Waals surface area contributed by atoms with E-state index in [9.17, 15) is 5.21 Å². The van der Waals surface area contributed by atoms with Crippen molar-refractivity contribution in [3.05, 3.63) is 59.5 Å². The summed E-state index contributed by atoms with van der Waals surface area (Å²) in [6.45, 7) is 0. The van der Waals surface area contributed by atoms with E-state index in [1.165, 1.54) is 6.33 Å². The summed E-state index contributed by atoms with van der Waals surface area (Å²) in [7, 11) is 0. The molecule has 2 heterocycles. The second kappa shape index (κ2) is 4.03. The number of hydrogen-bond donors (Lipinski definition) is 4. The number of fused-ring (bicyclic) bond motifs is 3. The third kappa shape index (κ3) is 1.61. The minimum atomic E-state index is -0.0927. The van der Waals surface area contributed by atoms with Gasteiger partial charge in [-0.25, -0.2) is 15.0 Å². The van der Waals surface area contributed by atoms with E-state index in [-0.39, 0.29) is 5.92 Å². The third-order valence-electron chi connectivity index (χ3n) is 3.70. The van der Waals surface area contributed by atoms with Gasteiger partial charge in [-0.3, -0.25) is 5.21 Å². The maximum absolute atomic E-state index is 10.3. The Labute approximate surface area is 120 Å².